The predicted octanol–water partition coefficient (Wildman–Crippen LogP) is 1.13. The number of hydrogen-bond acceptors (Lipinski definition) is 2. The molecule has 0 heterocycles. The van der Waals surface area contributed by atoms with Gasteiger partial charge in [-0.05, 0) is 56.4 Å². The molecule has 0 amide bonds. The van der Waals surface area contributed by atoms with Crippen LogP contribution in [-0.4, -0.2) is 17.8 Å². The molecule has 0 aromatic carbocycles. The number of aliphatic hydroxyl groups excluding tert-OH is 1. The molecule has 0 aliphatic heterocycles. The molecule has 2 bridgehead atoms. The lowest BCUT2D eigenvalue weighted by Crippen LogP contribution is -2.35. The van der Waals surface area contributed by atoms with Gasteiger partial charge < -0.3 is 10.8 Å². The summed E-state index contributed by atoms with van der Waals surface area (Å²) in [5.41, 5.74) is 5.68. The quantitative estimate of drug-likeness (QED) is 0.618. The van der Waals surface area contributed by atoms with Gasteiger partial charge in [0.25, 0.3) is 0 Å². The van der Waals surface area contributed by atoms with E-state index in [1.165, 1.54) is 19.3 Å². The van der Waals surface area contributed by atoms with Crippen LogP contribution in [0.15, 0.2) is 0 Å². The molecular formula is C10H19NO. The van der Waals surface area contributed by atoms with Gasteiger partial charge in [0, 0.05) is 0 Å². The van der Waals surface area contributed by atoms with Crippen LogP contribution in [0.1, 0.15) is 32.1 Å². The molecule has 12 heavy (non-hydrogen) atoms. The van der Waals surface area contributed by atoms with Crippen molar-refractivity contribution in [3.8, 4) is 0 Å². The third-order valence-electron chi connectivity index (χ3n) is 3.54. The van der Waals surface area contributed by atoms with E-state index in [-0.39, 0.29) is 6.10 Å². The molecule has 0 radical (unpaired) electrons. The first kappa shape index (κ1) is 8.52. The van der Waals surface area contributed by atoms with E-state index in [4.69, 9.17) is 5.73 Å². The van der Waals surface area contributed by atoms with E-state index in [0.717, 1.165) is 37.1 Å². The molecule has 2 atom stereocenters. The van der Waals surface area contributed by atoms with Crippen molar-refractivity contribution in [2.45, 2.75) is 38.2 Å². The monoisotopic (exact) mass is 169 g/mol. The van der Waals surface area contributed by atoms with Crippen molar-refractivity contribution in [1.29, 1.82) is 0 Å². The zero-order valence-corrected chi connectivity index (χ0v) is 7.58. The Morgan fingerprint density at radius 1 is 1.00 bits per heavy atom. The van der Waals surface area contributed by atoms with E-state index in [9.17, 15) is 5.11 Å². The number of hydrogen-bond donors (Lipinski definition) is 2. The van der Waals surface area contributed by atoms with Gasteiger partial charge in [-0.25, -0.2) is 0 Å². The summed E-state index contributed by atoms with van der Waals surface area (Å²) >= 11 is 0. The van der Waals surface area contributed by atoms with Gasteiger partial charge in [-0.1, -0.05) is 0 Å². The zero-order valence-electron chi connectivity index (χ0n) is 7.58. The normalized spacial score (nSPS) is 47.5. The lowest BCUT2D eigenvalue weighted by Gasteiger charge is -2.40. The second kappa shape index (κ2) is 3.35. The second-order valence-electron chi connectivity index (χ2n) is 4.67. The maximum atomic E-state index is 9.54. The van der Waals surface area contributed by atoms with E-state index in [1.807, 2.05) is 0 Å². The average Bonchev–Trinajstić information content (AvgIpc) is 2.02. The molecule has 2 unspecified atom stereocenters. The van der Waals surface area contributed by atoms with Crippen LogP contribution >= 0.6 is 0 Å². The van der Waals surface area contributed by atoms with Gasteiger partial charge in [0.05, 0.1) is 6.10 Å². The topological polar surface area (TPSA) is 46.2 Å². The highest BCUT2D eigenvalue weighted by Crippen LogP contribution is 2.42. The highest BCUT2D eigenvalue weighted by Gasteiger charge is 2.34. The minimum Gasteiger partial charge on any atom is -0.393 e. The Morgan fingerprint density at radius 2 is 1.58 bits per heavy atom. The van der Waals surface area contributed by atoms with Crippen molar-refractivity contribution in [3.05, 3.63) is 0 Å². The summed E-state index contributed by atoms with van der Waals surface area (Å²) in [5, 5.41) is 9.54. The first-order valence-electron chi connectivity index (χ1n) is 5.16. The van der Waals surface area contributed by atoms with Crippen LogP contribution < -0.4 is 5.73 Å². The van der Waals surface area contributed by atoms with Crippen molar-refractivity contribution in [2.24, 2.45) is 23.5 Å². The summed E-state index contributed by atoms with van der Waals surface area (Å²) in [6.45, 7) is 0.850. The lowest BCUT2D eigenvalue weighted by molar-refractivity contribution is 0.0285. The Hall–Kier alpha value is -0.0800. The Balaban J connectivity index is 1.96. The van der Waals surface area contributed by atoms with Gasteiger partial charge in [-0.3, -0.25) is 0 Å². The standard InChI is InChI=1S/C10H19NO/c11-6-9-2-7-1-8(3-9)5-10(12)4-7/h7-10,12H,1-6,11H2. The van der Waals surface area contributed by atoms with Crippen molar-refractivity contribution in [3.63, 3.8) is 0 Å². The number of rotatable bonds is 1. The molecule has 70 valence electrons. The molecule has 3 N–H and O–H groups in total. The van der Waals surface area contributed by atoms with Crippen molar-refractivity contribution >= 4 is 0 Å². The van der Waals surface area contributed by atoms with Gasteiger partial charge in [0.1, 0.15) is 0 Å². The Morgan fingerprint density at radius 3 is 2.08 bits per heavy atom. The third kappa shape index (κ3) is 1.64. The Kier molecular flexibility index (Phi) is 2.37. The van der Waals surface area contributed by atoms with Crippen molar-refractivity contribution < 1.29 is 5.11 Å². The smallest absolute Gasteiger partial charge is 0.0545 e. The molecule has 2 nitrogen and oxygen atoms in total. The lowest BCUT2D eigenvalue weighted by atomic mass is 9.67. The van der Waals surface area contributed by atoms with Crippen LogP contribution in [0.5, 0.6) is 0 Å². The van der Waals surface area contributed by atoms with Crippen LogP contribution in [0.3, 0.4) is 0 Å². The van der Waals surface area contributed by atoms with Gasteiger partial charge in [0.15, 0.2) is 0 Å². The predicted molar refractivity (Wildman–Crippen MR) is 48.6 cm³/mol. The first-order valence-corrected chi connectivity index (χ1v) is 5.16. The fourth-order valence-corrected chi connectivity index (χ4v) is 3.15. The summed E-state index contributed by atoms with van der Waals surface area (Å²) in [7, 11) is 0. The fourth-order valence-electron chi connectivity index (χ4n) is 3.15. The van der Waals surface area contributed by atoms with Crippen LogP contribution in [0.4, 0.5) is 0 Å². The van der Waals surface area contributed by atoms with Crippen molar-refractivity contribution in [2.75, 3.05) is 6.54 Å². The van der Waals surface area contributed by atoms with Crippen LogP contribution in [0.25, 0.3) is 0 Å². The third-order valence-corrected chi connectivity index (χ3v) is 3.54. The molecule has 0 aromatic rings. The number of fused-ring (bicyclic) bond motifs is 2. The molecule has 0 saturated heterocycles. The molecule has 2 fully saturated rings. The van der Waals surface area contributed by atoms with Gasteiger partial charge in [-0.2, -0.15) is 0 Å². The minimum atomic E-state index is -0.00697. The van der Waals surface area contributed by atoms with Crippen LogP contribution in [0, 0.1) is 17.8 Å². The average molecular weight is 169 g/mol. The molecular weight excluding hydrogens is 150 g/mol. The Labute approximate surface area is 74.1 Å². The van der Waals surface area contributed by atoms with Gasteiger partial charge in [0.2, 0.25) is 0 Å². The molecule has 2 saturated carbocycles. The molecule has 0 spiro atoms. The maximum Gasteiger partial charge on any atom is 0.0545 e. The van der Waals surface area contributed by atoms with Gasteiger partial charge in [-0.15, -0.1) is 0 Å². The SMILES string of the molecule is NCC1CC2CC(O)CC(C1)C2. The number of aliphatic hydroxyl groups is 1. The summed E-state index contributed by atoms with van der Waals surface area (Å²) in [6.07, 6.45) is 5.95. The molecule has 2 rings (SSSR count). The van der Waals surface area contributed by atoms with E-state index < -0.39 is 0 Å². The molecule has 2 aliphatic carbocycles. The Bertz CT molecular complexity index is 142. The highest BCUT2D eigenvalue weighted by molar-refractivity contribution is 4.86. The summed E-state index contributed by atoms with van der Waals surface area (Å²) < 4.78 is 0. The van der Waals surface area contributed by atoms with E-state index in [0.29, 0.717) is 0 Å². The van der Waals surface area contributed by atoms with Crippen molar-refractivity contribution in [1.82, 2.24) is 0 Å². The molecule has 2 aliphatic rings. The maximum absolute atomic E-state index is 9.54. The van der Waals surface area contributed by atoms with Crippen LogP contribution in [0.2, 0.25) is 0 Å². The molecule has 2 heteroatoms. The second-order valence-corrected chi connectivity index (χ2v) is 4.67. The fraction of sp³-hybridized carbons (Fsp3) is 1.00. The summed E-state index contributed by atoms with van der Waals surface area (Å²) in [5.74, 6) is 2.31. The zero-order chi connectivity index (χ0) is 8.55. The van der Waals surface area contributed by atoms with E-state index >= 15 is 0 Å². The van der Waals surface area contributed by atoms with Gasteiger partial charge >= 0.3 is 0 Å². The minimum absolute atomic E-state index is 0.00697. The largest absolute Gasteiger partial charge is 0.393 e. The number of nitrogens with two attached hydrogens (primary N) is 1. The highest BCUT2D eigenvalue weighted by atomic mass is 16.3. The summed E-state index contributed by atoms with van der Waals surface area (Å²) in [4.78, 5) is 0. The van der Waals surface area contributed by atoms with E-state index in [1.54, 1.807) is 0 Å². The summed E-state index contributed by atoms with van der Waals surface area (Å²) in [6, 6.07) is 0. The van der Waals surface area contributed by atoms with E-state index in [2.05, 4.69) is 0 Å². The molecule has 0 aromatic heterocycles. The first-order chi connectivity index (χ1) is 5.78. The van der Waals surface area contributed by atoms with Crippen LogP contribution in [-0.2, 0) is 0 Å².